The number of fused-ring (bicyclic) bond motifs is 6. The highest BCUT2D eigenvalue weighted by Gasteiger charge is 2.22. The van der Waals surface area contributed by atoms with Gasteiger partial charge in [0, 0.05) is 33.3 Å². The van der Waals surface area contributed by atoms with Crippen LogP contribution in [0.25, 0.3) is 66.2 Å². The van der Waals surface area contributed by atoms with E-state index < -0.39 is 0 Å². The Labute approximate surface area is 230 Å². The molecule has 5 aromatic carbocycles. The van der Waals surface area contributed by atoms with Gasteiger partial charge in [0.1, 0.15) is 0 Å². The quantitative estimate of drug-likeness (QED) is 0.238. The number of pyridine rings is 1. The van der Waals surface area contributed by atoms with Crippen molar-refractivity contribution in [1.29, 1.82) is 5.26 Å². The van der Waals surface area contributed by atoms with E-state index in [1.165, 1.54) is 21.5 Å². The number of rotatable bonds is 3. The number of benzene rings is 5. The van der Waals surface area contributed by atoms with Crippen LogP contribution in [0.5, 0.6) is 0 Å². The van der Waals surface area contributed by atoms with E-state index in [1.807, 2.05) is 24.4 Å². The molecule has 4 heteroatoms. The molecule has 3 aromatic heterocycles. The van der Waals surface area contributed by atoms with Crippen molar-refractivity contribution < 1.29 is 0 Å². The van der Waals surface area contributed by atoms with E-state index in [1.54, 1.807) is 0 Å². The van der Waals surface area contributed by atoms with Gasteiger partial charge in [0.05, 0.1) is 50.8 Å². The van der Waals surface area contributed by atoms with E-state index in [2.05, 4.69) is 124 Å². The van der Waals surface area contributed by atoms with Crippen molar-refractivity contribution in [1.82, 2.24) is 14.1 Å². The van der Waals surface area contributed by atoms with Crippen LogP contribution < -0.4 is 0 Å². The van der Waals surface area contributed by atoms with Crippen molar-refractivity contribution in [3.05, 3.63) is 139 Å². The lowest BCUT2D eigenvalue weighted by Crippen LogP contribution is -2.04. The molecular weight excluding hydrogens is 488 g/mol. The first-order chi connectivity index (χ1) is 19.8. The first-order valence-corrected chi connectivity index (χ1v) is 13.3. The maximum atomic E-state index is 10.4. The summed E-state index contributed by atoms with van der Waals surface area (Å²) in [6.07, 6.45) is 1.82. The Balaban J connectivity index is 1.51. The summed E-state index contributed by atoms with van der Waals surface area (Å²) in [5.41, 5.74) is 8.42. The maximum Gasteiger partial charge on any atom is 0.0999 e. The summed E-state index contributed by atoms with van der Waals surface area (Å²) >= 11 is 0. The largest absolute Gasteiger partial charge is 0.309 e. The van der Waals surface area contributed by atoms with Crippen molar-refractivity contribution in [2.24, 2.45) is 0 Å². The number of aromatic nitrogens is 3. The summed E-state index contributed by atoms with van der Waals surface area (Å²) in [5.74, 6) is 0. The molecule has 0 unspecified atom stereocenters. The molecule has 0 amide bonds. The minimum absolute atomic E-state index is 0.583. The molecule has 0 spiro atoms. The van der Waals surface area contributed by atoms with Gasteiger partial charge in [-0.2, -0.15) is 5.26 Å². The second kappa shape index (κ2) is 8.69. The number of hydrogen-bond donors (Lipinski definition) is 0. The van der Waals surface area contributed by atoms with Gasteiger partial charge in [-0.25, -0.2) is 0 Å². The summed E-state index contributed by atoms with van der Waals surface area (Å²) in [4.78, 5) is 4.97. The van der Waals surface area contributed by atoms with E-state index in [4.69, 9.17) is 4.98 Å². The second-order valence-corrected chi connectivity index (χ2v) is 9.92. The third-order valence-electron chi connectivity index (χ3n) is 7.83. The molecule has 0 aliphatic carbocycles. The van der Waals surface area contributed by atoms with Crippen LogP contribution in [-0.4, -0.2) is 14.1 Å². The molecule has 0 radical (unpaired) electrons. The summed E-state index contributed by atoms with van der Waals surface area (Å²) in [7, 11) is 0. The lowest BCUT2D eigenvalue weighted by atomic mass is 10.00. The molecule has 40 heavy (non-hydrogen) atoms. The Kier molecular flexibility index (Phi) is 4.85. The highest BCUT2D eigenvalue weighted by Crippen LogP contribution is 2.40. The molecule has 0 bridgehead atoms. The van der Waals surface area contributed by atoms with Gasteiger partial charge < -0.3 is 9.13 Å². The summed E-state index contributed by atoms with van der Waals surface area (Å²) in [6.45, 7) is 0. The summed E-state index contributed by atoms with van der Waals surface area (Å²) in [6, 6.07) is 46.3. The lowest BCUT2D eigenvalue weighted by Gasteiger charge is -2.18. The molecular formula is C36H22N4. The smallest absolute Gasteiger partial charge is 0.0999 e. The number of hydrogen-bond acceptors (Lipinski definition) is 2. The molecule has 0 atom stereocenters. The van der Waals surface area contributed by atoms with Gasteiger partial charge in [-0.3, -0.25) is 4.98 Å². The van der Waals surface area contributed by atoms with E-state index in [0.29, 0.717) is 5.56 Å². The average molecular weight is 511 g/mol. The van der Waals surface area contributed by atoms with Gasteiger partial charge in [-0.15, -0.1) is 0 Å². The highest BCUT2D eigenvalue weighted by atomic mass is 15.0. The molecule has 0 N–H and O–H groups in total. The fourth-order valence-electron chi connectivity index (χ4n) is 6.20. The normalized spacial score (nSPS) is 11.5. The van der Waals surface area contributed by atoms with Crippen LogP contribution in [0, 0.1) is 11.3 Å². The first-order valence-electron chi connectivity index (χ1n) is 13.3. The summed E-state index contributed by atoms with van der Waals surface area (Å²) in [5, 5.41) is 15.1. The Morgan fingerprint density at radius 2 is 0.925 bits per heavy atom. The number of nitriles is 1. The van der Waals surface area contributed by atoms with Gasteiger partial charge >= 0.3 is 0 Å². The van der Waals surface area contributed by atoms with Crippen molar-refractivity contribution >= 4 is 43.6 Å². The molecule has 0 saturated heterocycles. The van der Waals surface area contributed by atoms with E-state index in [-0.39, 0.29) is 0 Å². The van der Waals surface area contributed by atoms with Crippen LogP contribution in [0.15, 0.2) is 134 Å². The molecule has 0 saturated carbocycles. The molecule has 8 rings (SSSR count). The van der Waals surface area contributed by atoms with Crippen molar-refractivity contribution in [3.63, 3.8) is 0 Å². The van der Waals surface area contributed by atoms with Crippen LogP contribution in [0.3, 0.4) is 0 Å². The van der Waals surface area contributed by atoms with Crippen LogP contribution in [0.4, 0.5) is 0 Å². The van der Waals surface area contributed by atoms with Gasteiger partial charge in [0.2, 0.25) is 0 Å². The number of nitrogens with zero attached hydrogens (tertiary/aromatic N) is 4. The minimum atomic E-state index is 0.583. The highest BCUT2D eigenvalue weighted by molar-refractivity contribution is 6.11. The van der Waals surface area contributed by atoms with Crippen LogP contribution in [0.1, 0.15) is 5.56 Å². The molecule has 4 nitrogen and oxygen atoms in total. The van der Waals surface area contributed by atoms with Crippen LogP contribution >= 0.6 is 0 Å². The predicted octanol–water partition coefficient (Wildman–Crippen LogP) is 8.81. The SMILES string of the molecule is N#Cc1cccc(-n2c3ccccc3c3ccccc32)c1-c1ncccc1-n1c2ccccc2c2ccccc21. The van der Waals surface area contributed by atoms with E-state index >= 15 is 0 Å². The lowest BCUT2D eigenvalue weighted by molar-refractivity contribution is 1.12. The molecule has 3 heterocycles. The standard InChI is InChI=1S/C36H22N4/c37-23-24-11-9-20-33(39-29-16-5-1-12-25(29)26-13-2-6-17-30(26)39)35(24)36-34(21-10-22-38-36)40-31-18-7-3-14-27(31)28-15-4-8-19-32(28)40/h1-22H. The average Bonchev–Trinajstić information content (AvgIpc) is 3.54. The molecule has 8 aromatic rings. The third-order valence-corrected chi connectivity index (χ3v) is 7.83. The first kappa shape index (κ1) is 22.3. The van der Waals surface area contributed by atoms with Gasteiger partial charge in [0.25, 0.3) is 0 Å². The fourth-order valence-corrected chi connectivity index (χ4v) is 6.20. The monoisotopic (exact) mass is 510 g/mol. The second-order valence-electron chi connectivity index (χ2n) is 9.92. The van der Waals surface area contributed by atoms with Crippen LogP contribution in [-0.2, 0) is 0 Å². The zero-order valence-electron chi connectivity index (χ0n) is 21.5. The minimum Gasteiger partial charge on any atom is -0.309 e. The van der Waals surface area contributed by atoms with Crippen molar-refractivity contribution in [2.75, 3.05) is 0 Å². The Morgan fingerprint density at radius 3 is 1.43 bits per heavy atom. The predicted molar refractivity (Wildman–Crippen MR) is 163 cm³/mol. The topological polar surface area (TPSA) is 46.5 Å². The van der Waals surface area contributed by atoms with Gasteiger partial charge in [-0.1, -0.05) is 78.9 Å². The third kappa shape index (κ3) is 3.09. The maximum absolute atomic E-state index is 10.4. The molecule has 0 fully saturated rings. The zero-order chi connectivity index (χ0) is 26.6. The van der Waals surface area contributed by atoms with Crippen molar-refractivity contribution in [2.45, 2.75) is 0 Å². The fraction of sp³-hybridized carbons (Fsp3) is 0. The zero-order valence-corrected chi connectivity index (χ0v) is 21.5. The van der Waals surface area contributed by atoms with Gasteiger partial charge in [-0.05, 0) is 48.5 Å². The van der Waals surface area contributed by atoms with E-state index in [9.17, 15) is 5.26 Å². The number of para-hydroxylation sites is 4. The Bertz CT molecular complexity index is 2190. The molecule has 0 aliphatic rings. The Morgan fingerprint density at radius 1 is 0.475 bits per heavy atom. The Hall–Kier alpha value is -5.66. The van der Waals surface area contributed by atoms with E-state index in [0.717, 1.165) is 44.7 Å². The van der Waals surface area contributed by atoms with Gasteiger partial charge in [0.15, 0.2) is 0 Å². The van der Waals surface area contributed by atoms with Crippen molar-refractivity contribution in [3.8, 4) is 28.7 Å². The summed E-state index contributed by atoms with van der Waals surface area (Å²) < 4.78 is 4.54. The molecule has 186 valence electrons. The van der Waals surface area contributed by atoms with Crippen LogP contribution in [0.2, 0.25) is 0 Å². The molecule has 0 aliphatic heterocycles.